The van der Waals surface area contributed by atoms with Crippen LogP contribution in [0.4, 0.5) is 0 Å². The molecule has 0 aromatic heterocycles. The van der Waals surface area contributed by atoms with Crippen molar-refractivity contribution < 1.29 is 5.11 Å². The van der Waals surface area contributed by atoms with E-state index in [2.05, 4.69) is 36.5 Å². The number of benzene rings is 1. The smallest absolute Gasteiger partial charge is 0.0696 e. The number of nitrogens with one attached hydrogen (secondary N) is 1. The van der Waals surface area contributed by atoms with Crippen molar-refractivity contribution in [1.82, 2.24) is 5.32 Å². The van der Waals surface area contributed by atoms with E-state index in [0.29, 0.717) is 5.92 Å². The number of hydrogen-bond donors (Lipinski definition) is 2. The van der Waals surface area contributed by atoms with Crippen LogP contribution in [0.5, 0.6) is 0 Å². The zero-order valence-electron chi connectivity index (χ0n) is 9.24. The molecule has 2 rings (SSSR count). The van der Waals surface area contributed by atoms with Gasteiger partial charge in [-0.15, -0.1) is 0 Å². The molecule has 0 aliphatic carbocycles. The minimum absolute atomic E-state index is 0.182. The summed E-state index contributed by atoms with van der Waals surface area (Å²) in [5.74, 6) is 0.423. The van der Waals surface area contributed by atoms with Crippen LogP contribution < -0.4 is 5.32 Å². The van der Waals surface area contributed by atoms with Crippen LogP contribution in [-0.4, -0.2) is 24.3 Å². The first-order valence-electron chi connectivity index (χ1n) is 5.70. The second-order valence-electron chi connectivity index (χ2n) is 4.45. The van der Waals surface area contributed by atoms with E-state index in [0.717, 1.165) is 25.9 Å². The summed E-state index contributed by atoms with van der Waals surface area (Å²) in [6, 6.07) is 8.46. The summed E-state index contributed by atoms with van der Waals surface area (Å²) in [5, 5.41) is 13.1. The molecule has 1 aliphatic rings. The topological polar surface area (TPSA) is 32.3 Å². The van der Waals surface area contributed by atoms with Gasteiger partial charge in [-0.3, -0.25) is 0 Å². The molecule has 2 heteroatoms. The molecule has 1 aromatic rings. The highest BCUT2D eigenvalue weighted by Gasteiger charge is 2.23. The predicted octanol–water partition coefficient (Wildman–Crippen LogP) is 1.51. The lowest BCUT2D eigenvalue weighted by Crippen LogP contribution is -2.41. The summed E-state index contributed by atoms with van der Waals surface area (Å²) in [5.41, 5.74) is 2.71. The fourth-order valence-corrected chi connectivity index (χ4v) is 2.26. The standard InChI is InChI=1S/C13H19NO/c1-10-4-2-3-5-11(10)8-12-6-7-14-9-13(12)15/h2-5,12-15H,6-9H2,1H3/t12-,13-/m1/s1. The lowest BCUT2D eigenvalue weighted by atomic mass is 9.87. The van der Waals surface area contributed by atoms with E-state index in [1.54, 1.807) is 0 Å². The van der Waals surface area contributed by atoms with Gasteiger partial charge in [-0.05, 0) is 43.4 Å². The van der Waals surface area contributed by atoms with Crippen LogP contribution in [0.1, 0.15) is 17.5 Å². The van der Waals surface area contributed by atoms with Crippen molar-refractivity contribution in [3.8, 4) is 0 Å². The first-order chi connectivity index (χ1) is 7.27. The number of hydrogen-bond acceptors (Lipinski definition) is 2. The molecule has 0 spiro atoms. The molecule has 0 bridgehead atoms. The maximum atomic E-state index is 9.86. The van der Waals surface area contributed by atoms with Crippen molar-refractivity contribution in [2.75, 3.05) is 13.1 Å². The number of rotatable bonds is 2. The van der Waals surface area contributed by atoms with Gasteiger partial charge in [-0.25, -0.2) is 0 Å². The van der Waals surface area contributed by atoms with Gasteiger partial charge < -0.3 is 10.4 Å². The quantitative estimate of drug-likeness (QED) is 0.767. The summed E-state index contributed by atoms with van der Waals surface area (Å²) in [7, 11) is 0. The summed E-state index contributed by atoms with van der Waals surface area (Å²) in [6.07, 6.45) is 1.91. The van der Waals surface area contributed by atoms with Crippen LogP contribution in [0.15, 0.2) is 24.3 Å². The third-order valence-corrected chi connectivity index (χ3v) is 3.33. The van der Waals surface area contributed by atoms with Crippen molar-refractivity contribution in [3.05, 3.63) is 35.4 Å². The third kappa shape index (κ3) is 2.58. The van der Waals surface area contributed by atoms with Crippen molar-refractivity contribution in [1.29, 1.82) is 0 Å². The predicted molar refractivity (Wildman–Crippen MR) is 61.9 cm³/mol. The lowest BCUT2D eigenvalue weighted by molar-refractivity contribution is 0.0819. The van der Waals surface area contributed by atoms with E-state index in [4.69, 9.17) is 0 Å². The van der Waals surface area contributed by atoms with Crippen LogP contribution in [0.2, 0.25) is 0 Å². The van der Waals surface area contributed by atoms with E-state index in [9.17, 15) is 5.11 Å². The average molecular weight is 205 g/mol. The number of β-amino-alcohol motifs (C(OH)–C–C–N with tert-alkyl or cyclic N) is 1. The third-order valence-electron chi connectivity index (χ3n) is 3.33. The minimum atomic E-state index is -0.182. The molecule has 1 heterocycles. The number of piperidine rings is 1. The zero-order valence-corrected chi connectivity index (χ0v) is 9.24. The highest BCUT2D eigenvalue weighted by molar-refractivity contribution is 5.26. The van der Waals surface area contributed by atoms with Gasteiger partial charge in [0.15, 0.2) is 0 Å². The van der Waals surface area contributed by atoms with Crippen LogP contribution in [0.3, 0.4) is 0 Å². The molecule has 0 saturated carbocycles. The van der Waals surface area contributed by atoms with Gasteiger partial charge in [-0.2, -0.15) is 0 Å². The molecular weight excluding hydrogens is 186 g/mol. The highest BCUT2D eigenvalue weighted by Crippen LogP contribution is 2.20. The average Bonchev–Trinajstić information content (AvgIpc) is 2.24. The van der Waals surface area contributed by atoms with Crippen molar-refractivity contribution in [2.24, 2.45) is 5.92 Å². The van der Waals surface area contributed by atoms with Crippen molar-refractivity contribution in [3.63, 3.8) is 0 Å². The molecule has 2 atom stereocenters. The van der Waals surface area contributed by atoms with Gasteiger partial charge >= 0.3 is 0 Å². The summed E-state index contributed by atoms with van der Waals surface area (Å²) in [4.78, 5) is 0. The Kier molecular flexibility index (Phi) is 3.39. The molecule has 15 heavy (non-hydrogen) atoms. The fourth-order valence-electron chi connectivity index (χ4n) is 2.26. The van der Waals surface area contributed by atoms with Gasteiger partial charge in [-0.1, -0.05) is 24.3 Å². The molecule has 0 unspecified atom stereocenters. The molecule has 1 saturated heterocycles. The molecular formula is C13H19NO. The second kappa shape index (κ2) is 4.77. The Balaban J connectivity index is 2.04. The molecule has 1 aliphatic heterocycles. The van der Waals surface area contributed by atoms with Crippen molar-refractivity contribution in [2.45, 2.75) is 25.9 Å². The largest absolute Gasteiger partial charge is 0.392 e. The fraction of sp³-hybridized carbons (Fsp3) is 0.538. The molecule has 82 valence electrons. The van der Waals surface area contributed by atoms with Crippen LogP contribution in [0, 0.1) is 12.8 Å². The molecule has 1 aromatic carbocycles. The lowest BCUT2D eigenvalue weighted by Gasteiger charge is -2.28. The Labute approximate surface area is 91.3 Å². The first-order valence-corrected chi connectivity index (χ1v) is 5.70. The van der Waals surface area contributed by atoms with E-state index >= 15 is 0 Å². The molecule has 0 radical (unpaired) electrons. The first kappa shape index (κ1) is 10.7. The van der Waals surface area contributed by atoms with E-state index in [-0.39, 0.29) is 6.10 Å². The molecule has 0 amide bonds. The minimum Gasteiger partial charge on any atom is -0.392 e. The summed E-state index contributed by atoms with van der Waals surface area (Å²) in [6.45, 7) is 3.92. The van der Waals surface area contributed by atoms with Gasteiger partial charge in [0.05, 0.1) is 6.10 Å². The maximum Gasteiger partial charge on any atom is 0.0696 e. The zero-order chi connectivity index (χ0) is 10.7. The summed E-state index contributed by atoms with van der Waals surface area (Å²) >= 11 is 0. The van der Waals surface area contributed by atoms with Gasteiger partial charge in [0.1, 0.15) is 0 Å². The van der Waals surface area contributed by atoms with E-state index in [1.165, 1.54) is 11.1 Å². The van der Waals surface area contributed by atoms with Gasteiger partial charge in [0.25, 0.3) is 0 Å². The Morgan fingerprint density at radius 3 is 2.93 bits per heavy atom. The Morgan fingerprint density at radius 1 is 1.40 bits per heavy atom. The van der Waals surface area contributed by atoms with Crippen LogP contribution >= 0.6 is 0 Å². The van der Waals surface area contributed by atoms with E-state index in [1.807, 2.05) is 0 Å². The molecule has 2 nitrogen and oxygen atoms in total. The van der Waals surface area contributed by atoms with Crippen LogP contribution in [-0.2, 0) is 6.42 Å². The molecule has 1 fully saturated rings. The Morgan fingerprint density at radius 2 is 2.20 bits per heavy atom. The Bertz CT molecular complexity index is 324. The number of aliphatic hydroxyl groups is 1. The van der Waals surface area contributed by atoms with Crippen molar-refractivity contribution >= 4 is 0 Å². The number of aliphatic hydroxyl groups excluding tert-OH is 1. The van der Waals surface area contributed by atoms with Crippen LogP contribution in [0.25, 0.3) is 0 Å². The maximum absolute atomic E-state index is 9.86. The number of aryl methyl sites for hydroxylation is 1. The SMILES string of the molecule is Cc1ccccc1C[C@H]1CCNC[C@H]1O. The monoisotopic (exact) mass is 205 g/mol. The highest BCUT2D eigenvalue weighted by atomic mass is 16.3. The summed E-state index contributed by atoms with van der Waals surface area (Å²) < 4.78 is 0. The van der Waals surface area contributed by atoms with Gasteiger partial charge in [0, 0.05) is 6.54 Å². The van der Waals surface area contributed by atoms with E-state index < -0.39 is 0 Å². The Hall–Kier alpha value is -0.860. The normalized spacial score (nSPS) is 26.5. The second-order valence-corrected chi connectivity index (χ2v) is 4.45. The van der Waals surface area contributed by atoms with Gasteiger partial charge in [0.2, 0.25) is 0 Å². The molecule has 2 N–H and O–H groups in total.